The van der Waals surface area contributed by atoms with E-state index in [0.717, 1.165) is 23.1 Å². The van der Waals surface area contributed by atoms with Gasteiger partial charge in [0.25, 0.3) is 0 Å². The van der Waals surface area contributed by atoms with Gasteiger partial charge in [0.05, 0.1) is 0 Å². The summed E-state index contributed by atoms with van der Waals surface area (Å²) in [4.78, 5) is 7.00. The lowest BCUT2D eigenvalue weighted by Crippen LogP contribution is -2.35. The molecule has 0 amide bonds. The molecule has 1 aromatic heterocycles. The SMILES string of the molecule is CO[C@@H](C)c1nsc(N(CCc2ccccc2F)C2CCCC2)n1. The van der Waals surface area contributed by atoms with Crippen LogP contribution in [0.15, 0.2) is 24.3 Å². The first-order valence-electron chi connectivity index (χ1n) is 8.55. The summed E-state index contributed by atoms with van der Waals surface area (Å²) < 4.78 is 23.7. The van der Waals surface area contributed by atoms with Crippen LogP contribution in [-0.4, -0.2) is 29.1 Å². The summed E-state index contributed by atoms with van der Waals surface area (Å²) in [7, 11) is 1.66. The Bertz CT molecular complexity index is 657. The van der Waals surface area contributed by atoms with Crippen LogP contribution in [0.5, 0.6) is 0 Å². The lowest BCUT2D eigenvalue weighted by Gasteiger charge is -2.28. The molecule has 3 rings (SSSR count). The third-order valence-corrected chi connectivity index (χ3v) is 5.51. The van der Waals surface area contributed by atoms with Crippen LogP contribution in [0.2, 0.25) is 0 Å². The maximum absolute atomic E-state index is 13.9. The second-order valence-electron chi connectivity index (χ2n) is 6.29. The van der Waals surface area contributed by atoms with Crippen LogP contribution in [-0.2, 0) is 11.2 Å². The molecule has 1 aliphatic carbocycles. The molecule has 1 atom stereocenters. The van der Waals surface area contributed by atoms with Crippen molar-refractivity contribution in [3.63, 3.8) is 0 Å². The highest BCUT2D eigenvalue weighted by Gasteiger charge is 2.26. The zero-order valence-corrected chi connectivity index (χ0v) is 15.1. The number of hydrogen-bond acceptors (Lipinski definition) is 5. The topological polar surface area (TPSA) is 38.2 Å². The van der Waals surface area contributed by atoms with E-state index in [1.807, 2.05) is 19.1 Å². The Hall–Kier alpha value is -1.53. The molecule has 1 aromatic carbocycles. The Morgan fingerprint density at radius 3 is 2.79 bits per heavy atom. The summed E-state index contributed by atoms with van der Waals surface area (Å²) >= 11 is 1.42. The van der Waals surface area contributed by atoms with Crippen molar-refractivity contribution < 1.29 is 9.13 Å². The van der Waals surface area contributed by atoms with Crippen molar-refractivity contribution in [3.8, 4) is 0 Å². The minimum Gasteiger partial charge on any atom is -0.374 e. The fourth-order valence-electron chi connectivity index (χ4n) is 3.21. The Balaban J connectivity index is 1.76. The predicted molar refractivity (Wildman–Crippen MR) is 95.0 cm³/mol. The summed E-state index contributed by atoms with van der Waals surface area (Å²) in [6.45, 7) is 2.71. The standard InChI is InChI=1S/C18H24FN3OS/c1-13(23-2)17-20-18(24-21-17)22(15-8-4-5-9-15)12-11-14-7-3-6-10-16(14)19/h3,6-7,10,13,15H,4-5,8-9,11-12H2,1-2H3/t13-/m0/s1. The zero-order valence-electron chi connectivity index (χ0n) is 14.2. The van der Waals surface area contributed by atoms with Crippen molar-refractivity contribution in [1.29, 1.82) is 0 Å². The summed E-state index contributed by atoms with van der Waals surface area (Å²) in [5.74, 6) is 0.598. The second-order valence-corrected chi connectivity index (χ2v) is 7.02. The number of rotatable bonds is 7. The number of halogens is 1. The van der Waals surface area contributed by atoms with E-state index < -0.39 is 0 Å². The van der Waals surface area contributed by atoms with Crippen LogP contribution < -0.4 is 4.90 Å². The van der Waals surface area contributed by atoms with Crippen LogP contribution in [0, 0.1) is 5.82 Å². The van der Waals surface area contributed by atoms with Gasteiger partial charge in [-0.05, 0) is 37.8 Å². The molecule has 6 heteroatoms. The Morgan fingerprint density at radius 1 is 1.33 bits per heavy atom. The molecule has 1 fully saturated rings. The number of benzene rings is 1. The molecule has 0 radical (unpaired) electrons. The van der Waals surface area contributed by atoms with E-state index in [0.29, 0.717) is 12.5 Å². The molecule has 0 spiro atoms. The van der Waals surface area contributed by atoms with Gasteiger partial charge in [-0.3, -0.25) is 0 Å². The van der Waals surface area contributed by atoms with Gasteiger partial charge >= 0.3 is 0 Å². The first kappa shape index (κ1) is 17.3. The molecule has 0 N–H and O–H groups in total. The molecule has 0 aliphatic heterocycles. The maximum Gasteiger partial charge on any atom is 0.205 e. The average molecular weight is 349 g/mol. The highest BCUT2D eigenvalue weighted by Crippen LogP contribution is 2.30. The van der Waals surface area contributed by atoms with Crippen molar-refractivity contribution in [3.05, 3.63) is 41.5 Å². The summed E-state index contributed by atoms with van der Waals surface area (Å²) in [6.07, 6.45) is 5.42. The third-order valence-electron chi connectivity index (χ3n) is 4.74. The van der Waals surface area contributed by atoms with E-state index in [-0.39, 0.29) is 11.9 Å². The minimum atomic E-state index is -0.130. The van der Waals surface area contributed by atoms with Crippen LogP contribution in [0.25, 0.3) is 0 Å². The number of hydrogen-bond donors (Lipinski definition) is 0. The molecule has 130 valence electrons. The fourth-order valence-corrected chi connectivity index (χ4v) is 4.05. The average Bonchev–Trinajstić information content (AvgIpc) is 3.28. The molecule has 1 aliphatic rings. The lowest BCUT2D eigenvalue weighted by molar-refractivity contribution is 0.113. The van der Waals surface area contributed by atoms with Crippen molar-refractivity contribution in [2.24, 2.45) is 0 Å². The summed E-state index contributed by atoms with van der Waals surface area (Å²) in [6, 6.07) is 7.49. The normalized spacial score (nSPS) is 16.5. The van der Waals surface area contributed by atoms with Crippen molar-refractivity contribution in [2.75, 3.05) is 18.6 Å². The van der Waals surface area contributed by atoms with E-state index in [2.05, 4.69) is 14.3 Å². The molecule has 0 saturated heterocycles. The first-order chi connectivity index (χ1) is 11.7. The van der Waals surface area contributed by atoms with Gasteiger partial charge in [-0.15, -0.1) is 0 Å². The van der Waals surface area contributed by atoms with Gasteiger partial charge in [-0.1, -0.05) is 31.0 Å². The van der Waals surface area contributed by atoms with E-state index in [1.165, 1.54) is 43.3 Å². The Morgan fingerprint density at radius 2 is 2.08 bits per heavy atom. The van der Waals surface area contributed by atoms with E-state index in [1.54, 1.807) is 13.2 Å². The smallest absolute Gasteiger partial charge is 0.205 e. The van der Waals surface area contributed by atoms with Crippen LogP contribution in [0.4, 0.5) is 9.52 Å². The number of aromatic nitrogens is 2. The third kappa shape index (κ3) is 3.92. The highest BCUT2D eigenvalue weighted by atomic mass is 32.1. The van der Waals surface area contributed by atoms with Crippen LogP contribution in [0.3, 0.4) is 0 Å². The van der Waals surface area contributed by atoms with Crippen molar-refractivity contribution >= 4 is 16.7 Å². The number of methoxy groups -OCH3 is 1. The van der Waals surface area contributed by atoms with Gasteiger partial charge in [0, 0.05) is 31.2 Å². The first-order valence-corrected chi connectivity index (χ1v) is 9.33. The van der Waals surface area contributed by atoms with Gasteiger partial charge in [-0.25, -0.2) is 9.37 Å². The van der Waals surface area contributed by atoms with Gasteiger partial charge in [0.1, 0.15) is 11.9 Å². The van der Waals surface area contributed by atoms with Crippen LogP contribution >= 0.6 is 11.5 Å². The number of ether oxygens (including phenoxy) is 1. The fraction of sp³-hybridized carbons (Fsp3) is 0.556. The monoisotopic (exact) mass is 349 g/mol. The molecule has 24 heavy (non-hydrogen) atoms. The highest BCUT2D eigenvalue weighted by molar-refractivity contribution is 7.09. The molecule has 0 unspecified atom stereocenters. The molecule has 0 bridgehead atoms. The maximum atomic E-state index is 13.9. The van der Waals surface area contributed by atoms with Gasteiger partial charge in [-0.2, -0.15) is 4.37 Å². The van der Waals surface area contributed by atoms with E-state index >= 15 is 0 Å². The van der Waals surface area contributed by atoms with Gasteiger partial charge in [0.2, 0.25) is 5.13 Å². The van der Waals surface area contributed by atoms with Crippen molar-refractivity contribution in [1.82, 2.24) is 9.36 Å². The van der Waals surface area contributed by atoms with Crippen molar-refractivity contribution in [2.45, 2.75) is 51.2 Å². The lowest BCUT2D eigenvalue weighted by atomic mass is 10.1. The Kier molecular flexibility index (Phi) is 5.79. The molecule has 1 heterocycles. The molecule has 4 nitrogen and oxygen atoms in total. The van der Waals surface area contributed by atoms with E-state index in [4.69, 9.17) is 4.74 Å². The van der Waals surface area contributed by atoms with Crippen LogP contribution in [0.1, 0.15) is 50.1 Å². The number of anilines is 1. The summed E-state index contributed by atoms with van der Waals surface area (Å²) in [5, 5.41) is 0.928. The van der Waals surface area contributed by atoms with E-state index in [9.17, 15) is 4.39 Å². The molecule has 1 saturated carbocycles. The molecular weight excluding hydrogens is 325 g/mol. The Labute approximate surface area is 146 Å². The quantitative estimate of drug-likeness (QED) is 0.744. The largest absolute Gasteiger partial charge is 0.374 e. The predicted octanol–water partition coefficient (Wildman–Crippen LogP) is 4.38. The summed E-state index contributed by atoms with van der Waals surface area (Å²) in [5.41, 5.74) is 0.760. The molecule has 2 aromatic rings. The molecular formula is C18H24FN3OS. The zero-order chi connectivity index (χ0) is 16.9. The van der Waals surface area contributed by atoms with Gasteiger partial charge < -0.3 is 9.64 Å². The van der Waals surface area contributed by atoms with Gasteiger partial charge in [0.15, 0.2) is 5.82 Å². The minimum absolute atomic E-state index is 0.105. The number of nitrogens with zero attached hydrogens (tertiary/aromatic N) is 3. The second kappa shape index (κ2) is 8.03.